The third kappa shape index (κ3) is 7.48. The Kier molecular flexibility index (Phi) is 10.4. The Hall–Kier alpha value is -4.99. The number of aromatic nitrogens is 5. The van der Waals surface area contributed by atoms with Gasteiger partial charge in [-0.2, -0.15) is 15.1 Å². The number of anilines is 1. The number of rotatable bonds is 12. The number of fused-ring (bicyclic) bond motifs is 3. The molecule has 0 unspecified atom stereocenters. The van der Waals surface area contributed by atoms with E-state index < -0.39 is 5.82 Å². The highest BCUT2D eigenvalue weighted by Crippen LogP contribution is 2.47. The molecule has 2 aromatic carbocycles. The van der Waals surface area contributed by atoms with Crippen molar-refractivity contribution in [2.45, 2.75) is 58.5 Å². The van der Waals surface area contributed by atoms with Gasteiger partial charge in [0.05, 0.1) is 24.2 Å². The average Bonchev–Trinajstić information content (AvgIpc) is 3.67. The molecule has 3 aliphatic heterocycles. The summed E-state index contributed by atoms with van der Waals surface area (Å²) in [7, 11) is 1.52. The topological polar surface area (TPSA) is 123 Å². The van der Waals surface area contributed by atoms with Gasteiger partial charge >= 0.3 is 6.01 Å². The van der Waals surface area contributed by atoms with Crippen LogP contribution in [-0.2, 0) is 24.2 Å². The van der Waals surface area contributed by atoms with Gasteiger partial charge in [0.15, 0.2) is 18.3 Å². The van der Waals surface area contributed by atoms with Crippen LogP contribution in [0.15, 0.2) is 36.5 Å². The van der Waals surface area contributed by atoms with Crippen molar-refractivity contribution in [2.24, 2.45) is 5.41 Å². The van der Waals surface area contributed by atoms with E-state index in [1.807, 2.05) is 22.6 Å². The minimum absolute atomic E-state index is 0.0168. The van der Waals surface area contributed by atoms with Crippen molar-refractivity contribution in [1.82, 2.24) is 39.8 Å². The van der Waals surface area contributed by atoms with E-state index in [9.17, 15) is 4.79 Å². The van der Waals surface area contributed by atoms with E-state index >= 15 is 8.78 Å². The number of piperazine rings is 1. The van der Waals surface area contributed by atoms with Crippen molar-refractivity contribution < 1.29 is 27.8 Å². The monoisotopic (exact) mass is 781 g/mol. The summed E-state index contributed by atoms with van der Waals surface area (Å²) in [4.78, 5) is 34.3. The van der Waals surface area contributed by atoms with Crippen LogP contribution in [0.25, 0.3) is 32.9 Å². The van der Waals surface area contributed by atoms with Gasteiger partial charge in [-0.15, -0.1) is 0 Å². The summed E-state index contributed by atoms with van der Waals surface area (Å²) in [6.07, 6.45) is 7.26. The van der Waals surface area contributed by atoms with E-state index in [-0.39, 0.29) is 41.2 Å². The molecule has 1 saturated carbocycles. The lowest BCUT2D eigenvalue weighted by Crippen LogP contribution is -2.46. The number of likely N-dealkylation sites (tertiary alicyclic amines) is 1. The third-order valence-electron chi connectivity index (χ3n) is 11.9. The second kappa shape index (κ2) is 15.7. The molecular formula is C42H49F2N9O4. The van der Waals surface area contributed by atoms with Crippen LogP contribution in [0.5, 0.6) is 11.8 Å². The zero-order valence-corrected chi connectivity index (χ0v) is 32.7. The number of carbonyl (C=O) groups excluding carboxylic acids is 1. The van der Waals surface area contributed by atoms with E-state index in [2.05, 4.69) is 15.1 Å². The number of halogens is 2. The lowest BCUT2D eigenvalue weighted by Gasteiger charge is -2.26. The number of methoxy groups -OCH3 is 1. The summed E-state index contributed by atoms with van der Waals surface area (Å²) in [5, 5.41) is 9.69. The van der Waals surface area contributed by atoms with Gasteiger partial charge in [0, 0.05) is 70.1 Å². The average molecular weight is 782 g/mol. The zero-order valence-electron chi connectivity index (χ0n) is 32.7. The fourth-order valence-corrected chi connectivity index (χ4v) is 8.68. The number of aryl methyl sites for hydroxylation is 2. The third-order valence-corrected chi connectivity index (χ3v) is 11.9. The van der Waals surface area contributed by atoms with Crippen molar-refractivity contribution in [2.75, 3.05) is 77.8 Å². The van der Waals surface area contributed by atoms with E-state index in [0.717, 1.165) is 57.7 Å². The van der Waals surface area contributed by atoms with Crippen molar-refractivity contribution in [3.05, 3.63) is 65.1 Å². The molecule has 15 heteroatoms. The van der Waals surface area contributed by atoms with Crippen LogP contribution >= 0.6 is 0 Å². The molecule has 1 aliphatic carbocycles. The highest BCUT2D eigenvalue weighted by molar-refractivity contribution is 6.02. The van der Waals surface area contributed by atoms with Gasteiger partial charge < -0.3 is 34.2 Å². The second-order valence-corrected chi connectivity index (χ2v) is 15.8. The Balaban J connectivity index is 1.13. The van der Waals surface area contributed by atoms with Gasteiger partial charge in [0.1, 0.15) is 28.6 Å². The molecule has 3 fully saturated rings. The molecule has 4 aliphatic rings. The number of hydrogen-bond acceptors (Lipinski definition) is 11. The molecule has 300 valence electrons. The molecular weight excluding hydrogens is 733 g/mol. The first kappa shape index (κ1) is 37.6. The molecule has 1 amide bonds. The van der Waals surface area contributed by atoms with Gasteiger partial charge in [0.25, 0.3) is 5.91 Å². The Labute approximate surface area is 330 Å². The number of nitrogens with one attached hydrogen (secondary N) is 1. The summed E-state index contributed by atoms with van der Waals surface area (Å²) in [5.74, 6) is -0.197. The smallest absolute Gasteiger partial charge is 0.319 e. The molecule has 0 atom stereocenters. The molecule has 0 bridgehead atoms. The minimum Gasteiger partial charge on any atom is -0.468 e. The maximum absolute atomic E-state index is 17.4. The highest BCUT2D eigenvalue weighted by Gasteiger charge is 2.45. The Morgan fingerprint density at radius 2 is 1.79 bits per heavy atom. The lowest BCUT2D eigenvalue weighted by atomic mass is 9.94. The second-order valence-electron chi connectivity index (χ2n) is 15.8. The standard InChI is InChI=1S/C42H49F2N9O4/c1-3-30-33(43)8-7-27-19-29(57-26-55-2)21-31(35(27)30)37-36(44)38-32(22-46-37)39(48-41(47-38)56-25-42(9-10-42)24-50-13-4-5-14-50)52-15-6-16-53-28(23-52)20-34(49-53)40(54)51-17-11-45-12-18-51/h7-8,19-22,45H,3-6,9-18,23-26H2,1-2H3. The van der Waals surface area contributed by atoms with E-state index in [4.69, 9.17) is 34.3 Å². The Bertz CT molecular complexity index is 2300. The predicted molar refractivity (Wildman–Crippen MR) is 212 cm³/mol. The summed E-state index contributed by atoms with van der Waals surface area (Å²) in [6, 6.07) is 8.53. The number of pyridine rings is 1. The normalized spacial score (nSPS) is 18.2. The van der Waals surface area contributed by atoms with Gasteiger partial charge in [-0.3, -0.25) is 14.5 Å². The van der Waals surface area contributed by atoms with Crippen LogP contribution in [0, 0.1) is 17.0 Å². The van der Waals surface area contributed by atoms with Crippen molar-refractivity contribution in [3.8, 4) is 23.0 Å². The molecule has 0 radical (unpaired) electrons. The van der Waals surface area contributed by atoms with Gasteiger partial charge in [0.2, 0.25) is 0 Å². The first-order valence-electron chi connectivity index (χ1n) is 20.2. The number of hydrogen-bond donors (Lipinski definition) is 1. The number of ether oxygens (including phenoxy) is 3. The van der Waals surface area contributed by atoms with Crippen LogP contribution in [0.2, 0.25) is 0 Å². The molecule has 1 N–H and O–H groups in total. The summed E-state index contributed by atoms with van der Waals surface area (Å²) in [5.41, 5.74) is 2.23. The molecule has 13 nitrogen and oxygen atoms in total. The molecule has 6 heterocycles. The number of benzene rings is 2. The molecule has 3 aromatic heterocycles. The molecule has 9 rings (SSSR count). The number of amides is 1. The summed E-state index contributed by atoms with van der Waals surface area (Å²) >= 11 is 0. The minimum atomic E-state index is -0.667. The first-order valence-corrected chi connectivity index (χ1v) is 20.2. The quantitative estimate of drug-likeness (QED) is 0.160. The largest absolute Gasteiger partial charge is 0.468 e. The van der Waals surface area contributed by atoms with Crippen LogP contribution in [0.1, 0.15) is 60.8 Å². The van der Waals surface area contributed by atoms with Gasteiger partial charge in [-0.25, -0.2) is 8.78 Å². The highest BCUT2D eigenvalue weighted by atomic mass is 19.1. The Morgan fingerprint density at radius 3 is 2.56 bits per heavy atom. The van der Waals surface area contributed by atoms with Crippen LogP contribution in [0.4, 0.5) is 14.6 Å². The predicted octanol–water partition coefficient (Wildman–Crippen LogP) is 5.58. The maximum atomic E-state index is 17.4. The summed E-state index contributed by atoms with van der Waals surface area (Å²) in [6.45, 7) is 9.84. The fourth-order valence-electron chi connectivity index (χ4n) is 8.68. The number of carbonyl (C=O) groups is 1. The van der Waals surface area contributed by atoms with Crippen molar-refractivity contribution in [1.29, 1.82) is 0 Å². The molecule has 2 saturated heterocycles. The summed E-state index contributed by atoms with van der Waals surface area (Å²) < 4.78 is 52.1. The maximum Gasteiger partial charge on any atom is 0.319 e. The van der Waals surface area contributed by atoms with Crippen LogP contribution in [-0.4, -0.2) is 113 Å². The molecule has 5 aromatic rings. The van der Waals surface area contributed by atoms with Crippen molar-refractivity contribution >= 4 is 33.4 Å². The van der Waals surface area contributed by atoms with E-state index in [0.29, 0.717) is 90.3 Å². The lowest BCUT2D eigenvalue weighted by molar-refractivity contribution is 0.0512. The van der Waals surface area contributed by atoms with Crippen molar-refractivity contribution in [3.63, 3.8) is 0 Å². The van der Waals surface area contributed by atoms with Gasteiger partial charge in [-0.05, 0) is 92.2 Å². The SMILES string of the molecule is CCc1c(F)ccc2cc(OCOC)cc(-c3ncc4c(N5CCCn6nc(C(=O)N7CCNCC7)cc6C5)nc(OCC5(CN6CCCC6)CC5)nc4c3F)c12. The van der Waals surface area contributed by atoms with Crippen LogP contribution in [0.3, 0.4) is 0 Å². The Morgan fingerprint density at radius 1 is 0.965 bits per heavy atom. The van der Waals surface area contributed by atoms with Gasteiger partial charge in [-0.1, -0.05) is 13.0 Å². The van der Waals surface area contributed by atoms with E-state index in [1.165, 1.54) is 26.0 Å². The van der Waals surface area contributed by atoms with E-state index in [1.54, 1.807) is 24.4 Å². The molecule has 0 spiro atoms. The first-order chi connectivity index (χ1) is 27.8. The number of nitrogens with zero attached hydrogens (tertiary/aromatic N) is 8. The fraction of sp³-hybridized carbons (Fsp3) is 0.500. The zero-order chi connectivity index (χ0) is 39.1. The molecule has 57 heavy (non-hydrogen) atoms. The van der Waals surface area contributed by atoms with Crippen LogP contribution < -0.4 is 19.7 Å².